The van der Waals surface area contributed by atoms with E-state index in [0.717, 1.165) is 18.9 Å². The molecule has 78 valence electrons. The first kappa shape index (κ1) is 11.1. The summed E-state index contributed by atoms with van der Waals surface area (Å²) in [5.74, 6) is 0.751. The number of anilines is 1. The van der Waals surface area contributed by atoms with Crippen molar-refractivity contribution >= 4 is 5.69 Å². The van der Waals surface area contributed by atoms with Gasteiger partial charge in [-0.3, -0.25) is 0 Å². The van der Waals surface area contributed by atoms with Crippen LogP contribution < -0.4 is 5.32 Å². The van der Waals surface area contributed by atoms with Gasteiger partial charge < -0.3 is 5.32 Å². The first-order chi connectivity index (χ1) is 6.76. The van der Waals surface area contributed by atoms with Crippen LogP contribution in [0.1, 0.15) is 32.8 Å². The molecule has 0 aliphatic carbocycles. The number of aryl methyl sites for hydroxylation is 1. The Balaban J connectivity index is 2.43. The number of hydrogen-bond acceptors (Lipinski definition) is 1. The van der Waals surface area contributed by atoms with Crippen molar-refractivity contribution in [1.82, 2.24) is 0 Å². The lowest BCUT2D eigenvalue weighted by atomic mass is 10.1. The van der Waals surface area contributed by atoms with Gasteiger partial charge in [-0.05, 0) is 30.0 Å². The summed E-state index contributed by atoms with van der Waals surface area (Å²) in [7, 11) is 0. The van der Waals surface area contributed by atoms with Gasteiger partial charge in [0, 0.05) is 12.2 Å². The first-order valence-electron chi connectivity index (χ1n) is 5.59. The molecule has 1 unspecified atom stereocenters. The Kier molecular flexibility index (Phi) is 4.51. The van der Waals surface area contributed by atoms with Crippen LogP contribution in [0.4, 0.5) is 5.69 Å². The maximum Gasteiger partial charge on any atom is 0.0340 e. The molecule has 0 fully saturated rings. The van der Waals surface area contributed by atoms with E-state index in [4.69, 9.17) is 0 Å². The summed E-state index contributed by atoms with van der Waals surface area (Å²) in [5.41, 5.74) is 2.64. The van der Waals surface area contributed by atoms with Gasteiger partial charge in [0.1, 0.15) is 0 Å². The molecule has 0 aromatic heterocycles. The summed E-state index contributed by atoms with van der Waals surface area (Å²) in [5, 5.41) is 3.45. The van der Waals surface area contributed by atoms with Gasteiger partial charge in [0.2, 0.25) is 0 Å². The molecule has 0 spiro atoms. The average Bonchev–Trinajstić information content (AvgIpc) is 2.26. The monoisotopic (exact) mass is 191 g/mol. The summed E-state index contributed by atoms with van der Waals surface area (Å²) in [6.07, 6.45) is 2.35. The highest BCUT2D eigenvalue weighted by Crippen LogP contribution is 2.11. The molecule has 0 radical (unpaired) electrons. The Hall–Kier alpha value is -0.980. The second kappa shape index (κ2) is 5.69. The van der Waals surface area contributed by atoms with E-state index in [1.807, 2.05) is 0 Å². The van der Waals surface area contributed by atoms with Gasteiger partial charge in [-0.25, -0.2) is 0 Å². The van der Waals surface area contributed by atoms with E-state index in [9.17, 15) is 0 Å². The number of rotatable bonds is 5. The third kappa shape index (κ3) is 3.41. The zero-order valence-electron chi connectivity index (χ0n) is 9.51. The van der Waals surface area contributed by atoms with Crippen LogP contribution in [0.3, 0.4) is 0 Å². The van der Waals surface area contributed by atoms with Crippen LogP contribution in [0, 0.1) is 5.92 Å². The number of nitrogens with one attached hydrogen (secondary N) is 1. The van der Waals surface area contributed by atoms with Crippen LogP contribution in [-0.4, -0.2) is 6.54 Å². The van der Waals surface area contributed by atoms with Crippen molar-refractivity contribution in [3.05, 3.63) is 29.8 Å². The zero-order valence-corrected chi connectivity index (χ0v) is 9.51. The minimum atomic E-state index is 0.751. The lowest BCUT2D eigenvalue weighted by Gasteiger charge is -2.11. The van der Waals surface area contributed by atoms with Crippen molar-refractivity contribution < 1.29 is 0 Å². The van der Waals surface area contributed by atoms with Gasteiger partial charge in [0.05, 0.1) is 0 Å². The maximum absolute atomic E-state index is 3.45. The summed E-state index contributed by atoms with van der Waals surface area (Å²) in [6, 6.07) is 8.72. The second-order valence-electron chi connectivity index (χ2n) is 3.94. The fourth-order valence-electron chi connectivity index (χ4n) is 1.29. The van der Waals surface area contributed by atoms with Gasteiger partial charge in [-0.2, -0.15) is 0 Å². The summed E-state index contributed by atoms with van der Waals surface area (Å²) in [4.78, 5) is 0. The Morgan fingerprint density at radius 3 is 2.29 bits per heavy atom. The molecule has 1 atom stereocenters. The van der Waals surface area contributed by atoms with Crippen molar-refractivity contribution in [3.63, 3.8) is 0 Å². The molecular weight excluding hydrogens is 170 g/mol. The molecule has 1 rings (SSSR count). The third-order valence-corrected chi connectivity index (χ3v) is 2.71. The van der Waals surface area contributed by atoms with E-state index in [-0.39, 0.29) is 0 Å². The standard InChI is InChI=1S/C13H21N/c1-4-11(3)10-14-13-8-6-12(5-2)7-9-13/h6-9,11,14H,4-5,10H2,1-3H3. The highest BCUT2D eigenvalue weighted by Gasteiger charge is 1.98. The fourth-order valence-corrected chi connectivity index (χ4v) is 1.29. The normalized spacial score (nSPS) is 12.5. The van der Waals surface area contributed by atoms with Crippen molar-refractivity contribution in [2.24, 2.45) is 5.92 Å². The van der Waals surface area contributed by atoms with E-state index in [2.05, 4.69) is 50.4 Å². The SMILES string of the molecule is CCc1ccc(NCC(C)CC)cc1. The molecule has 0 aliphatic heterocycles. The lowest BCUT2D eigenvalue weighted by Crippen LogP contribution is -2.09. The van der Waals surface area contributed by atoms with Gasteiger partial charge in [0.15, 0.2) is 0 Å². The smallest absolute Gasteiger partial charge is 0.0340 e. The van der Waals surface area contributed by atoms with Gasteiger partial charge in [-0.15, -0.1) is 0 Å². The summed E-state index contributed by atoms with van der Waals surface area (Å²) in [6.45, 7) is 7.75. The molecule has 0 bridgehead atoms. The van der Waals surface area contributed by atoms with E-state index in [0.29, 0.717) is 0 Å². The molecule has 1 aromatic carbocycles. The molecule has 1 nitrogen and oxygen atoms in total. The van der Waals surface area contributed by atoms with E-state index >= 15 is 0 Å². The molecule has 0 amide bonds. The van der Waals surface area contributed by atoms with Gasteiger partial charge in [-0.1, -0.05) is 39.3 Å². The lowest BCUT2D eigenvalue weighted by molar-refractivity contribution is 0.593. The number of hydrogen-bond donors (Lipinski definition) is 1. The van der Waals surface area contributed by atoms with Crippen molar-refractivity contribution in [2.75, 3.05) is 11.9 Å². The molecule has 0 aliphatic rings. The van der Waals surface area contributed by atoms with Gasteiger partial charge >= 0.3 is 0 Å². The van der Waals surface area contributed by atoms with Crippen molar-refractivity contribution in [3.8, 4) is 0 Å². The predicted octanol–water partition coefficient (Wildman–Crippen LogP) is 3.71. The minimum Gasteiger partial charge on any atom is -0.385 e. The molecule has 1 N–H and O–H groups in total. The number of benzene rings is 1. The fraction of sp³-hybridized carbons (Fsp3) is 0.538. The highest BCUT2D eigenvalue weighted by atomic mass is 14.9. The molecule has 0 saturated heterocycles. The largest absolute Gasteiger partial charge is 0.385 e. The molecule has 1 aromatic rings. The van der Waals surface area contributed by atoms with E-state index in [1.165, 1.54) is 17.7 Å². The topological polar surface area (TPSA) is 12.0 Å². The summed E-state index contributed by atoms with van der Waals surface area (Å²) >= 11 is 0. The summed E-state index contributed by atoms with van der Waals surface area (Å²) < 4.78 is 0. The van der Waals surface area contributed by atoms with Crippen LogP contribution in [0.2, 0.25) is 0 Å². The molecule has 14 heavy (non-hydrogen) atoms. The van der Waals surface area contributed by atoms with Crippen LogP contribution in [0.5, 0.6) is 0 Å². The van der Waals surface area contributed by atoms with E-state index in [1.54, 1.807) is 0 Å². The average molecular weight is 191 g/mol. The van der Waals surface area contributed by atoms with Gasteiger partial charge in [0.25, 0.3) is 0 Å². The highest BCUT2D eigenvalue weighted by molar-refractivity contribution is 5.44. The van der Waals surface area contributed by atoms with Crippen molar-refractivity contribution in [2.45, 2.75) is 33.6 Å². The zero-order chi connectivity index (χ0) is 10.4. The quantitative estimate of drug-likeness (QED) is 0.748. The first-order valence-corrected chi connectivity index (χ1v) is 5.59. The molecular formula is C13H21N. The third-order valence-electron chi connectivity index (χ3n) is 2.71. The van der Waals surface area contributed by atoms with Crippen molar-refractivity contribution in [1.29, 1.82) is 0 Å². The van der Waals surface area contributed by atoms with Crippen LogP contribution in [0.15, 0.2) is 24.3 Å². The predicted molar refractivity (Wildman–Crippen MR) is 63.8 cm³/mol. The Morgan fingerprint density at radius 1 is 1.14 bits per heavy atom. The molecule has 0 heterocycles. The van der Waals surface area contributed by atoms with Crippen LogP contribution in [-0.2, 0) is 6.42 Å². The maximum atomic E-state index is 3.45. The molecule has 1 heteroatoms. The Labute approximate surface area is 87.5 Å². The van der Waals surface area contributed by atoms with E-state index < -0.39 is 0 Å². The Morgan fingerprint density at radius 2 is 1.79 bits per heavy atom. The Bertz CT molecular complexity index is 250. The molecule has 0 saturated carbocycles. The second-order valence-corrected chi connectivity index (χ2v) is 3.94. The van der Waals surface area contributed by atoms with Crippen LogP contribution in [0.25, 0.3) is 0 Å². The van der Waals surface area contributed by atoms with Crippen LogP contribution >= 0.6 is 0 Å². The minimum absolute atomic E-state index is 0.751.